The first kappa shape index (κ1) is 23.6. The fourth-order valence-corrected chi connectivity index (χ4v) is 5.77. The standard InChI is InChI=1S/C27H28ClFN2OS/c1-7-12-31(27(5,19-10-11-19)20-9-8-16(2)23(29)14-20)26-30-25(18(4)33-26)21-13-17(3)24(32-6)15-22(21)28/h1,8-9,13-15,19H,10-12H2,2-6H3. The summed E-state index contributed by atoms with van der Waals surface area (Å²) in [6, 6.07) is 9.35. The Bertz CT molecular complexity index is 1240. The summed E-state index contributed by atoms with van der Waals surface area (Å²) in [6.45, 7) is 8.35. The largest absolute Gasteiger partial charge is 0.496 e. The molecule has 33 heavy (non-hydrogen) atoms. The topological polar surface area (TPSA) is 25.4 Å². The van der Waals surface area contributed by atoms with Crippen LogP contribution in [0.25, 0.3) is 11.3 Å². The van der Waals surface area contributed by atoms with Crippen LogP contribution in [-0.4, -0.2) is 18.6 Å². The molecule has 172 valence electrons. The van der Waals surface area contributed by atoms with Crippen molar-refractivity contribution >= 4 is 28.1 Å². The summed E-state index contributed by atoms with van der Waals surface area (Å²) in [4.78, 5) is 8.24. The van der Waals surface area contributed by atoms with Crippen molar-refractivity contribution in [1.82, 2.24) is 4.98 Å². The predicted molar refractivity (Wildman–Crippen MR) is 136 cm³/mol. The van der Waals surface area contributed by atoms with Crippen molar-refractivity contribution in [1.29, 1.82) is 0 Å². The third kappa shape index (κ3) is 4.23. The molecule has 1 unspecified atom stereocenters. The number of ether oxygens (including phenoxy) is 1. The first-order valence-corrected chi connectivity index (χ1v) is 12.2. The normalized spacial score (nSPS) is 15.1. The molecule has 0 saturated heterocycles. The molecule has 0 bridgehead atoms. The molecule has 0 amide bonds. The number of halogens is 2. The van der Waals surface area contributed by atoms with Crippen molar-refractivity contribution in [2.45, 2.75) is 46.1 Å². The Labute approximate surface area is 204 Å². The van der Waals surface area contributed by atoms with Gasteiger partial charge in [-0.25, -0.2) is 9.37 Å². The van der Waals surface area contributed by atoms with Crippen molar-refractivity contribution in [3.05, 3.63) is 62.7 Å². The second-order valence-electron chi connectivity index (χ2n) is 8.88. The van der Waals surface area contributed by atoms with E-state index >= 15 is 0 Å². The van der Waals surface area contributed by atoms with E-state index in [-0.39, 0.29) is 5.82 Å². The molecule has 6 heteroatoms. The number of thiazole rings is 1. The van der Waals surface area contributed by atoms with Gasteiger partial charge in [-0.15, -0.1) is 17.8 Å². The Morgan fingerprint density at radius 1 is 1.24 bits per heavy atom. The van der Waals surface area contributed by atoms with Gasteiger partial charge in [-0.1, -0.05) is 29.7 Å². The summed E-state index contributed by atoms with van der Waals surface area (Å²) in [7, 11) is 1.63. The van der Waals surface area contributed by atoms with Gasteiger partial charge in [0.05, 0.1) is 29.9 Å². The maximum Gasteiger partial charge on any atom is 0.187 e. The monoisotopic (exact) mass is 482 g/mol. The molecular weight excluding hydrogens is 455 g/mol. The molecule has 1 aromatic heterocycles. The molecule has 1 aliphatic rings. The highest BCUT2D eigenvalue weighted by Gasteiger charge is 2.48. The van der Waals surface area contributed by atoms with Gasteiger partial charge in [0.1, 0.15) is 11.6 Å². The lowest BCUT2D eigenvalue weighted by Gasteiger charge is -2.41. The fourth-order valence-electron chi connectivity index (χ4n) is 4.50. The van der Waals surface area contributed by atoms with Gasteiger partial charge in [0.25, 0.3) is 0 Å². The highest BCUT2D eigenvalue weighted by Crippen LogP contribution is 2.52. The number of benzene rings is 2. The number of aryl methyl sites for hydroxylation is 3. The van der Waals surface area contributed by atoms with Gasteiger partial charge in [-0.05, 0) is 81.3 Å². The lowest BCUT2D eigenvalue weighted by molar-refractivity contribution is 0.390. The van der Waals surface area contributed by atoms with Crippen molar-refractivity contribution in [3.63, 3.8) is 0 Å². The van der Waals surface area contributed by atoms with Crippen LogP contribution in [0.5, 0.6) is 5.75 Å². The summed E-state index contributed by atoms with van der Waals surface area (Å²) in [6.07, 6.45) is 7.98. The molecule has 0 aliphatic heterocycles. The number of aromatic nitrogens is 1. The van der Waals surface area contributed by atoms with Crippen molar-refractivity contribution in [3.8, 4) is 29.4 Å². The predicted octanol–water partition coefficient (Wildman–Crippen LogP) is 7.30. The van der Waals surface area contributed by atoms with Crippen molar-refractivity contribution in [2.75, 3.05) is 18.6 Å². The third-order valence-electron chi connectivity index (χ3n) is 6.69. The minimum atomic E-state index is -0.456. The van der Waals surface area contributed by atoms with Crippen LogP contribution < -0.4 is 9.64 Å². The quantitative estimate of drug-likeness (QED) is 0.330. The number of methoxy groups -OCH3 is 1. The van der Waals surface area contributed by atoms with Crippen molar-refractivity contribution in [2.24, 2.45) is 5.92 Å². The van der Waals surface area contributed by atoms with E-state index in [0.29, 0.717) is 23.0 Å². The molecule has 0 spiro atoms. The van der Waals surface area contributed by atoms with Crippen LogP contribution in [0.15, 0.2) is 30.3 Å². The zero-order valence-electron chi connectivity index (χ0n) is 19.6. The van der Waals surface area contributed by atoms with E-state index in [0.717, 1.165) is 51.0 Å². The van der Waals surface area contributed by atoms with Gasteiger partial charge >= 0.3 is 0 Å². The van der Waals surface area contributed by atoms with E-state index in [2.05, 4.69) is 17.7 Å². The SMILES string of the molecule is C#CCN(c1nc(-c2cc(C)c(OC)cc2Cl)c(C)s1)C(C)(c1ccc(C)c(F)c1)C1CC1. The van der Waals surface area contributed by atoms with E-state index in [1.165, 1.54) is 0 Å². The molecule has 3 nitrogen and oxygen atoms in total. The zero-order chi connectivity index (χ0) is 23.9. The average molecular weight is 483 g/mol. The van der Waals surface area contributed by atoms with E-state index in [4.69, 9.17) is 27.7 Å². The molecule has 1 fully saturated rings. The first-order valence-electron chi connectivity index (χ1n) is 11.0. The number of rotatable bonds is 7. The molecule has 1 saturated carbocycles. The maximum absolute atomic E-state index is 14.6. The lowest BCUT2D eigenvalue weighted by atomic mass is 9.84. The molecule has 1 heterocycles. The van der Waals surface area contributed by atoms with Crippen LogP contribution in [0, 0.1) is 44.9 Å². The second-order valence-corrected chi connectivity index (χ2v) is 10.5. The number of terminal acetylenes is 1. The van der Waals surface area contributed by atoms with Gasteiger partial charge in [-0.3, -0.25) is 0 Å². The Balaban J connectivity index is 1.83. The third-order valence-corrected chi connectivity index (χ3v) is 8.00. The molecule has 1 atom stereocenters. The van der Waals surface area contributed by atoms with Gasteiger partial charge in [0.15, 0.2) is 5.13 Å². The summed E-state index contributed by atoms with van der Waals surface area (Å²) < 4.78 is 20.0. The lowest BCUT2D eigenvalue weighted by Crippen LogP contribution is -2.46. The molecule has 0 N–H and O–H groups in total. The minimum absolute atomic E-state index is 0.198. The number of anilines is 1. The molecule has 4 rings (SSSR count). The number of nitrogens with zero attached hydrogens (tertiary/aromatic N) is 2. The van der Waals surface area contributed by atoms with Crippen LogP contribution in [0.1, 0.15) is 41.3 Å². The highest BCUT2D eigenvalue weighted by atomic mass is 35.5. The van der Waals surface area contributed by atoms with Gasteiger partial charge in [0, 0.05) is 10.4 Å². The van der Waals surface area contributed by atoms with E-state index < -0.39 is 5.54 Å². The molecule has 0 radical (unpaired) electrons. The zero-order valence-corrected chi connectivity index (χ0v) is 21.2. The second kappa shape index (κ2) is 9.00. The number of hydrogen-bond acceptors (Lipinski definition) is 4. The van der Waals surface area contributed by atoms with E-state index in [1.807, 2.05) is 38.1 Å². The highest BCUT2D eigenvalue weighted by molar-refractivity contribution is 7.16. The van der Waals surface area contributed by atoms with E-state index in [9.17, 15) is 4.39 Å². The van der Waals surface area contributed by atoms with E-state index in [1.54, 1.807) is 31.4 Å². The Hall–Kier alpha value is -2.55. The Morgan fingerprint density at radius 3 is 2.58 bits per heavy atom. The molecule has 3 aromatic rings. The van der Waals surface area contributed by atoms with Gasteiger partial charge in [-0.2, -0.15) is 0 Å². The van der Waals surface area contributed by atoms with Crippen LogP contribution in [0.4, 0.5) is 9.52 Å². The Kier molecular flexibility index (Phi) is 6.44. The molecular formula is C27H28ClFN2OS. The van der Waals surface area contributed by atoms with Gasteiger partial charge in [0.2, 0.25) is 0 Å². The summed E-state index contributed by atoms with van der Waals surface area (Å²) in [5, 5.41) is 1.41. The summed E-state index contributed by atoms with van der Waals surface area (Å²) in [5.41, 5.74) is 3.80. The minimum Gasteiger partial charge on any atom is -0.496 e. The average Bonchev–Trinajstić information content (AvgIpc) is 3.58. The fraction of sp³-hybridized carbons (Fsp3) is 0.370. The maximum atomic E-state index is 14.6. The van der Waals surface area contributed by atoms with Crippen LogP contribution >= 0.6 is 22.9 Å². The molecule has 1 aliphatic carbocycles. The smallest absolute Gasteiger partial charge is 0.187 e. The first-order chi connectivity index (χ1) is 15.7. The van der Waals surface area contributed by atoms with Crippen LogP contribution in [0.2, 0.25) is 5.02 Å². The van der Waals surface area contributed by atoms with Crippen LogP contribution in [-0.2, 0) is 5.54 Å². The van der Waals surface area contributed by atoms with Crippen molar-refractivity contribution < 1.29 is 9.13 Å². The number of hydrogen-bond donors (Lipinski definition) is 0. The Morgan fingerprint density at radius 2 is 1.97 bits per heavy atom. The van der Waals surface area contributed by atoms with Crippen LogP contribution in [0.3, 0.4) is 0 Å². The molecule has 2 aromatic carbocycles. The summed E-state index contributed by atoms with van der Waals surface area (Å²) in [5.74, 6) is 3.74. The van der Waals surface area contributed by atoms with Gasteiger partial charge < -0.3 is 9.64 Å². The summed E-state index contributed by atoms with van der Waals surface area (Å²) >= 11 is 8.20.